The van der Waals surface area contributed by atoms with Crippen LogP contribution in [0.5, 0.6) is 0 Å². The van der Waals surface area contributed by atoms with Crippen molar-refractivity contribution in [2.24, 2.45) is 0 Å². The Balaban J connectivity index is 2.48. The van der Waals surface area contributed by atoms with Crippen LogP contribution in [0.25, 0.3) is 0 Å². The summed E-state index contributed by atoms with van der Waals surface area (Å²) in [6, 6.07) is 5.24. The molecule has 5 nitrogen and oxygen atoms in total. The molecule has 0 aliphatic heterocycles. The van der Waals surface area contributed by atoms with E-state index in [4.69, 9.17) is 23.2 Å². The van der Waals surface area contributed by atoms with Gasteiger partial charge in [-0.25, -0.2) is 4.98 Å². The molecule has 0 spiro atoms. The number of nitrogens with one attached hydrogen (secondary N) is 2. The van der Waals surface area contributed by atoms with Crippen molar-refractivity contribution in [2.45, 2.75) is 18.4 Å². The van der Waals surface area contributed by atoms with E-state index in [1.807, 2.05) is 0 Å². The normalized spacial score (nSPS) is 13.0. The number of carbonyl (C=O) groups excluding carboxylic acids is 1. The molecule has 1 aromatic heterocycles. The van der Waals surface area contributed by atoms with Gasteiger partial charge in [0.25, 0.3) is 0 Å². The highest BCUT2D eigenvalue weighted by Crippen LogP contribution is 2.38. The predicted molar refractivity (Wildman–Crippen MR) is 94.7 cm³/mol. The number of anilines is 2. The minimum absolute atomic E-state index is 0.396. The summed E-state index contributed by atoms with van der Waals surface area (Å²) in [6.07, 6.45) is -9.19. The number of hydrogen-bond donors (Lipinski definition) is 2. The van der Waals surface area contributed by atoms with Crippen molar-refractivity contribution in [2.75, 3.05) is 10.6 Å². The molecule has 156 valence electrons. The molecule has 1 heterocycles. The molecule has 0 aliphatic rings. The lowest BCUT2D eigenvalue weighted by atomic mass is 10.1. The van der Waals surface area contributed by atoms with Crippen LogP contribution < -0.4 is 10.6 Å². The molecule has 1 unspecified atom stereocenters. The Bertz CT molecular complexity index is 915. The van der Waals surface area contributed by atoms with E-state index in [0.717, 1.165) is 0 Å². The van der Waals surface area contributed by atoms with E-state index in [1.54, 1.807) is 0 Å². The van der Waals surface area contributed by atoms with Crippen LogP contribution in [-0.4, -0.2) is 22.1 Å². The molecular weight excluding hydrogens is 449 g/mol. The van der Waals surface area contributed by atoms with Crippen LogP contribution in [0.3, 0.4) is 0 Å². The number of aromatic nitrogens is 2. The van der Waals surface area contributed by atoms with Gasteiger partial charge in [0.15, 0.2) is 11.5 Å². The Hall–Kier alpha value is -2.53. The summed E-state index contributed by atoms with van der Waals surface area (Å²) in [6.45, 7) is 3.54. The van der Waals surface area contributed by atoms with Crippen LogP contribution in [0.15, 0.2) is 36.9 Å². The number of hydrogen-bond acceptors (Lipinski definition) is 4. The molecule has 2 N–H and O–H groups in total. The quantitative estimate of drug-likeness (QED) is 0.449. The fourth-order valence-electron chi connectivity index (χ4n) is 2.05. The zero-order chi connectivity index (χ0) is 22.0. The van der Waals surface area contributed by atoms with Crippen molar-refractivity contribution < 1.29 is 31.1 Å². The van der Waals surface area contributed by atoms with Gasteiger partial charge in [-0.2, -0.15) is 31.3 Å². The van der Waals surface area contributed by atoms with E-state index in [0.29, 0.717) is 10.6 Å². The van der Waals surface area contributed by atoms with Gasteiger partial charge < -0.3 is 5.32 Å². The Morgan fingerprint density at radius 3 is 2.14 bits per heavy atom. The van der Waals surface area contributed by atoms with Crippen molar-refractivity contribution in [1.29, 1.82) is 0 Å². The summed E-state index contributed by atoms with van der Waals surface area (Å²) < 4.78 is 76.8. The van der Waals surface area contributed by atoms with Crippen LogP contribution in [-0.2, 0) is 11.0 Å². The smallest absolute Gasteiger partial charge is 0.358 e. The van der Waals surface area contributed by atoms with Crippen molar-refractivity contribution in [1.82, 2.24) is 9.97 Å². The first kappa shape index (κ1) is 22.8. The second-order valence-electron chi connectivity index (χ2n) is 5.42. The number of carbonyl (C=O) groups is 1. The van der Waals surface area contributed by atoms with Gasteiger partial charge >= 0.3 is 18.3 Å². The molecule has 0 radical (unpaired) electrons. The van der Waals surface area contributed by atoms with Gasteiger partial charge in [-0.05, 0) is 17.7 Å². The van der Waals surface area contributed by atoms with E-state index in [9.17, 15) is 31.1 Å². The lowest BCUT2D eigenvalue weighted by molar-refractivity contribution is -0.167. The molecule has 0 saturated heterocycles. The van der Waals surface area contributed by atoms with Crippen LogP contribution in [0.2, 0.25) is 10.0 Å². The van der Waals surface area contributed by atoms with Crippen LogP contribution in [0.4, 0.5) is 38.1 Å². The SMILES string of the molecule is C=CC(Nc1nc(NC(=O)C(F)(F)F)nc(C(F)(F)F)c1Cl)c1ccc(Cl)cc1. The fraction of sp³-hybridized carbons (Fsp3) is 0.188. The second-order valence-corrected chi connectivity index (χ2v) is 6.23. The predicted octanol–water partition coefficient (Wildman–Crippen LogP) is 5.64. The van der Waals surface area contributed by atoms with Gasteiger partial charge in [0.1, 0.15) is 5.02 Å². The largest absolute Gasteiger partial charge is 0.471 e. The molecule has 0 bridgehead atoms. The van der Waals surface area contributed by atoms with Crippen LogP contribution in [0, 0.1) is 0 Å². The van der Waals surface area contributed by atoms with E-state index < -0.39 is 46.8 Å². The zero-order valence-corrected chi connectivity index (χ0v) is 15.5. The molecule has 0 saturated carbocycles. The third kappa shape index (κ3) is 5.73. The molecule has 13 heteroatoms. The first-order chi connectivity index (χ1) is 13.3. The summed E-state index contributed by atoms with van der Waals surface area (Å²) in [7, 11) is 0. The molecule has 0 fully saturated rings. The minimum Gasteiger partial charge on any atom is -0.358 e. The molecular formula is C16H10Cl2F6N4O. The Labute approximate surface area is 169 Å². The third-order valence-corrected chi connectivity index (χ3v) is 3.97. The molecule has 1 aromatic carbocycles. The molecule has 2 aromatic rings. The average molecular weight is 459 g/mol. The highest BCUT2D eigenvalue weighted by atomic mass is 35.5. The van der Waals surface area contributed by atoms with Gasteiger partial charge in [-0.15, -0.1) is 6.58 Å². The molecule has 2 rings (SSSR count). The van der Waals surface area contributed by atoms with Gasteiger partial charge in [-0.1, -0.05) is 41.4 Å². The van der Waals surface area contributed by atoms with E-state index in [-0.39, 0.29) is 0 Å². The number of amides is 1. The maximum Gasteiger partial charge on any atom is 0.471 e. The zero-order valence-electron chi connectivity index (χ0n) is 14.0. The summed E-state index contributed by atoms with van der Waals surface area (Å²) in [4.78, 5) is 17.4. The Morgan fingerprint density at radius 1 is 1.07 bits per heavy atom. The molecule has 0 aliphatic carbocycles. The maximum absolute atomic E-state index is 13.2. The highest BCUT2D eigenvalue weighted by Gasteiger charge is 2.41. The number of benzene rings is 1. The monoisotopic (exact) mass is 458 g/mol. The van der Waals surface area contributed by atoms with Gasteiger partial charge in [0.05, 0.1) is 6.04 Å². The average Bonchev–Trinajstić information content (AvgIpc) is 2.61. The topological polar surface area (TPSA) is 66.9 Å². The molecule has 29 heavy (non-hydrogen) atoms. The van der Waals surface area contributed by atoms with Crippen LogP contribution in [0.1, 0.15) is 17.3 Å². The summed E-state index contributed by atoms with van der Waals surface area (Å²) >= 11 is 11.5. The van der Waals surface area contributed by atoms with E-state index >= 15 is 0 Å². The fourth-order valence-corrected chi connectivity index (χ4v) is 2.43. The highest BCUT2D eigenvalue weighted by molar-refractivity contribution is 6.33. The minimum atomic E-state index is -5.36. The Morgan fingerprint density at radius 2 is 1.66 bits per heavy atom. The molecule has 1 amide bonds. The number of halogens is 8. The second kappa shape index (κ2) is 8.46. The lowest BCUT2D eigenvalue weighted by Gasteiger charge is -2.19. The number of rotatable bonds is 5. The lowest BCUT2D eigenvalue weighted by Crippen LogP contribution is -2.31. The summed E-state index contributed by atoms with van der Waals surface area (Å²) in [5.41, 5.74) is -1.23. The van der Waals surface area contributed by atoms with Gasteiger partial charge in [-0.3, -0.25) is 10.1 Å². The van der Waals surface area contributed by atoms with Crippen LogP contribution >= 0.6 is 23.2 Å². The maximum atomic E-state index is 13.2. The Kier molecular flexibility index (Phi) is 6.63. The number of alkyl halides is 6. The first-order valence-corrected chi connectivity index (χ1v) is 8.26. The first-order valence-electron chi connectivity index (χ1n) is 7.50. The van der Waals surface area contributed by atoms with Gasteiger partial charge in [0, 0.05) is 5.02 Å². The van der Waals surface area contributed by atoms with Crippen molar-refractivity contribution in [3.63, 3.8) is 0 Å². The molecule has 1 atom stereocenters. The van der Waals surface area contributed by atoms with Crippen molar-refractivity contribution in [3.05, 3.63) is 58.2 Å². The van der Waals surface area contributed by atoms with E-state index in [1.165, 1.54) is 35.7 Å². The summed E-state index contributed by atoms with van der Waals surface area (Å²) in [5, 5.41) is 3.09. The van der Waals surface area contributed by atoms with Gasteiger partial charge in [0.2, 0.25) is 5.95 Å². The summed E-state index contributed by atoms with van der Waals surface area (Å²) in [5.74, 6) is -4.44. The number of nitrogens with zero attached hydrogens (tertiary/aromatic N) is 2. The standard InChI is InChI=1S/C16H10Cl2F6N4O/c1-2-9(7-3-5-8(17)6-4-7)25-12-10(18)11(15(19,20)21)26-14(27-12)28-13(29)16(22,23)24/h2-6,9H,1H2,(H2,25,26,27,28,29). The van der Waals surface area contributed by atoms with Crippen molar-refractivity contribution in [3.8, 4) is 0 Å². The van der Waals surface area contributed by atoms with E-state index in [2.05, 4.69) is 21.9 Å². The third-order valence-electron chi connectivity index (χ3n) is 3.36. The van der Waals surface area contributed by atoms with Crippen molar-refractivity contribution >= 4 is 40.9 Å².